The molecule has 0 N–H and O–H groups in total. The lowest BCUT2D eigenvalue weighted by Gasteiger charge is -2.06. The van der Waals surface area contributed by atoms with Gasteiger partial charge in [-0.3, -0.25) is 3.97 Å². The Morgan fingerprint density at radius 1 is 2.00 bits per heavy atom. The van der Waals surface area contributed by atoms with E-state index in [1.807, 2.05) is 0 Å². The molecular weight excluding hydrogens is 91.1 g/mol. The van der Waals surface area contributed by atoms with Crippen LogP contribution in [0.25, 0.3) is 0 Å². The molecule has 0 radical (unpaired) electrons. The lowest BCUT2D eigenvalue weighted by Crippen LogP contribution is -1.74. The number of hydrogen-bond donors (Lipinski definition) is 0. The van der Waals surface area contributed by atoms with Crippen molar-refractivity contribution in [2.45, 2.75) is 0 Å². The Balaban J connectivity index is 2.00. The van der Waals surface area contributed by atoms with Crippen LogP contribution in [-0.4, -0.2) is 5.49 Å². The molecule has 4 heavy (non-hydrogen) atoms. The molecule has 1 heterocycles. The predicted molar refractivity (Wildman–Crippen MR) is 21.9 cm³/mol. The van der Waals surface area contributed by atoms with E-state index in [0.717, 1.165) is 8.81 Å². The summed E-state index contributed by atoms with van der Waals surface area (Å²) in [6.07, 6.45) is 0. The van der Waals surface area contributed by atoms with Gasteiger partial charge in [0.2, 0.25) is 0 Å². The van der Waals surface area contributed by atoms with Crippen LogP contribution in [0, 0.1) is 0 Å². The Morgan fingerprint density at radius 3 is 2.25 bits per heavy atom. The second-order valence-corrected chi connectivity index (χ2v) is 2.84. The maximum Gasteiger partial charge on any atom is 0.0631 e. The van der Waals surface area contributed by atoms with Gasteiger partial charge in [-0.15, -0.1) is 0 Å². The summed E-state index contributed by atoms with van der Waals surface area (Å²) in [6, 6.07) is 0. The van der Waals surface area contributed by atoms with E-state index in [1.54, 1.807) is 12.0 Å². The quantitative estimate of drug-likeness (QED) is 0.329. The molecule has 0 aromatic carbocycles. The zero-order chi connectivity index (χ0) is 2.83. The van der Waals surface area contributed by atoms with Crippen molar-refractivity contribution in [2.75, 3.05) is 5.49 Å². The molecule has 1 unspecified atom stereocenters. The van der Waals surface area contributed by atoms with Crippen LogP contribution in [0.4, 0.5) is 0 Å². The minimum absolute atomic E-state index is 0.784. The number of hydrogen-bond acceptors (Lipinski definition) is 2. The van der Waals surface area contributed by atoms with Gasteiger partial charge < -0.3 is 0 Å². The highest BCUT2D eigenvalue weighted by Crippen LogP contribution is 2.36. The Kier molecular flexibility index (Phi) is 0.922. The van der Waals surface area contributed by atoms with Crippen molar-refractivity contribution in [3.63, 3.8) is 0 Å². The minimum Gasteiger partial charge on any atom is -0.296 e. The van der Waals surface area contributed by atoms with Crippen molar-refractivity contribution >= 4 is 20.9 Å². The summed E-state index contributed by atoms with van der Waals surface area (Å²) < 4.78 is 4.67. The molecule has 1 saturated heterocycles. The van der Waals surface area contributed by atoms with E-state index in [-0.39, 0.29) is 0 Å². The van der Waals surface area contributed by atoms with Gasteiger partial charge in [0.25, 0.3) is 0 Å². The molecule has 0 aliphatic carbocycles. The smallest absolute Gasteiger partial charge is 0.0631 e. The molecule has 1 atom stereocenters. The second kappa shape index (κ2) is 1.25. The normalized spacial score (nSPS) is 30.0. The van der Waals surface area contributed by atoms with Gasteiger partial charge in [0.1, 0.15) is 0 Å². The van der Waals surface area contributed by atoms with Crippen LogP contribution < -0.4 is 0 Å². The monoisotopic (exact) mass is 94.0 g/mol. The summed E-state index contributed by atoms with van der Waals surface area (Å²) >= 11 is 1.55. The lowest BCUT2D eigenvalue weighted by atomic mass is 11.9. The van der Waals surface area contributed by atoms with Gasteiger partial charge in [-0.2, -0.15) is 0 Å². The summed E-state index contributed by atoms with van der Waals surface area (Å²) in [4.78, 5) is 0. The van der Waals surface area contributed by atoms with Crippen molar-refractivity contribution in [1.82, 2.24) is 0 Å². The first-order valence-corrected chi connectivity index (χ1v) is 3.04. The van der Waals surface area contributed by atoms with E-state index in [9.17, 15) is 0 Å². The molecule has 1 aliphatic rings. The fourth-order valence-corrected chi connectivity index (χ4v) is 0.530. The van der Waals surface area contributed by atoms with E-state index >= 15 is 0 Å². The highest BCUT2D eigenvalue weighted by molar-refractivity contribution is 8.06. The molecule has 0 aromatic heterocycles. The van der Waals surface area contributed by atoms with Gasteiger partial charge in [0.15, 0.2) is 0 Å². The maximum atomic E-state index is 4.67. The van der Waals surface area contributed by atoms with Gasteiger partial charge in [0.05, 0.1) is 5.49 Å². The summed E-state index contributed by atoms with van der Waals surface area (Å²) in [5, 5.41) is 0. The van der Waals surface area contributed by atoms with Crippen LogP contribution in [0.2, 0.25) is 0 Å². The third-order valence-electron chi connectivity index (χ3n) is 0.236. The van der Waals surface area contributed by atoms with Crippen LogP contribution in [0.1, 0.15) is 0 Å². The fraction of sp³-hybridized carbons (Fsp3) is 1.00. The first kappa shape index (κ1) is 2.95. The van der Waals surface area contributed by atoms with Crippen molar-refractivity contribution in [1.29, 1.82) is 0 Å². The standard InChI is InChI=1S/CH3OPS/c1-3-2-4-1/h3H,1H2. The topological polar surface area (TPSA) is 9.23 Å². The highest BCUT2D eigenvalue weighted by atomic mass is 32.2. The molecule has 0 bridgehead atoms. The maximum absolute atomic E-state index is 4.67. The van der Waals surface area contributed by atoms with Crippen molar-refractivity contribution in [3.8, 4) is 0 Å². The van der Waals surface area contributed by atoms with Gasteiger partial charge in [-0.25, -0.2) is 0 Å². The summed E-state index contributed by atoms with van der Waals surface area (Å²) in [5.74, 6) is 0. The average molecular weight is 94.1 g/mol. The lowest BCUT2D eigenvalue weighted by molar-refractivity contribution is 0.724. The highest BCUT2D eigenvalue weighted by Gasteiger charge is 1.96. The molecule has 0 saturated carbocycles. The van der Waals surface area contributed by atoms with Crippen LogP contribution in [0.3, 0.4) is 0 Å². The molecule has 1 fully saturated rings. The molecule has 1 nitrogen and oxygen atoms in total. The molecule has 0 spiro atoms. The van der Waals surface area contributed by atoms with Crippen LogP contribution in [0.5, 0.6) is 0 Å². The summed E-state index contributed by atoms with van der Waals surface area (Å²) in [6.45, 7) is 0. The Morgan fingerprint density at radius 2 is 2.25 bits per heavy atom. The third-order valence-corrected chi connectivity index (χ3v) is 2.12. The summed E-state index contributed by atoms with van der Waals surface area (Å²) in [7, 11) is 0.784. The third kappa shape index (κ3) is 0.369. The minimum atomic E-state index is 0.784. The van der Waals surface area contributed by atoms with E-state index in [2.05, 4.69) is 3.97 Å². The molecule has 0 amide bonds. The van der Waals surface area contributed by atoms with E-state index in [1.165, 1.54) is 5.49 Å². The van der Waals surface area contributed by atoms with Gasteiger partial charge in [0, 0.05) is 20.9 Å². The Hall–Kier alpha value is 0.740. The average Bonchev–Trinajstić information content (AvgIpc) is 0.722. The first-order chi connectivity index (χ1) is 2.00. The largest absolute Gasteiger partial charge is 0.296 e. The zero-order valence-electron chi connectivity index (χ0n) is 2.02. The molecule has 1 aliphatic heterocycles. The zero-order valence-corrected chi connectivity index (χ0v) is 3.84. The Labute approximate surface area is 31.2 Å². The Bertz CT molecular complexity index is 16.0. The number of rotatable bonds is 0. The van der Waals surface area contributed by atoms with Crippen LogP contribution >= 0.6 is 20.9 Å². The first-order valence-electron chi connectivity index (χ1n) is 1.01. The van der Waals surface area contributed by atoms with Crippen molar-refractivity contribution < 1.29 is 3.97 Å². The molecule has 0 aromatic rings. The van der Waals surface area contributed by atoms with Crippen molar-refractivity contribution in [3.05, 3.63) is 0 Å². The molecular formula is CH3OPS. The molecule has 24 valence electrons. The van der Waals surface area contributed by atoms with Crippen molar-refractivity contribution in [2.24, 2.45) is 0 Å². The predicted octanol–water partition coefficient (Wildman–Crippen LogP) is 1.22. The summed E-state index contributed by atoms with van der Waals surface area (Å²) in [5.41, 5.74) is 1.22. The van der Waals surface area contributed by atoms with Gasteiger partial charge in [-0.1, -0.05) is 0 Å². The van der Waals surface area contributed by atoms with E-state index < -0.39 is 0 Å². The SMILES string of the molecule is C1POS1. The van der Waals surface area contributed by atoms with E-state index in [0.29, 0.717) is 0 Å². The van der Waals surface area contributed by atoms with Gasteiger partial charge in [-0.05, 0) is 0 Å². The van der Waals surface area contributed by atoms with E-state index in [4.69, 9.17) is 0 Å². The fourth-order valence-electron chi connectivity index (χ4n) is 0.0589. The van der Waals surface area contributed by atoms with Gasteiger partial charge >= 0.3 is 0 Å². The second-order valence-electron chi connectivity index (χ2n) is 0.490. The molecule has 3 heteroatoms. The molecule has 1 rings (SSSR count). The van der Waals surface area contributed by atoms with Crippen LogP contribution in [0.15, 0.2) is 0 Å². The van der Waals surface area contributed by atoms with Crippen LogP contribution in [-0.2, 0) is 3.97 Å².